The molecule has 0 saturated heterocycles. The summed E-state index contributed by atoms with van der Waals surface area (Å²) in [5, 5.41) is 16.0. The van der Waals surface area contributed by atoms with E-state index in [-0.39, 0.29) is 29.7 Å². The number of nitrogens with one attached hydrogen (secondary N) is 3. The van der Waals surface area contributed by atoms with Crippen LogP contribution in [0.5, 0.6) is 0 Å². The molecule has 0 aliphatic heterocycles. The number of amides is 2. The van der Waals surface area contributed by atoms with Gasteiger partial charge in [-0.1, -0.05) is 23.4 Å². The summed E-state index contributed by atoms with van der Waals surface area (Å²) in [5.41, 5.74) is 0.138. The number of rotatable bonds is 5. The molecule has 0 spiro atoms. The van der Waals surface area contributed by atoms with Crippen molar-refractivity contribution in [3.63, 3.8) is 0 Å². The van der Waals surface area contributed by atoms with Gasteiger partial charge in [0.25, 0.3) is 17.3 Å². The maximum Gasteiger partial charge on any atom is 0.292 e. The molecule has 0 fully saturated rings. The van der Waals surface area contributed by atoms with E-state index in [1.54, 1.807) is 31.2 Å². The number of benzene rings is 1. The molecule has 10 nitrogen and oxygen atoms in total. The normalized spacial score (nSPS) is 11.9. The highest BCUT2D eigenvalue weighted by atomic mass is 16.5. The summed E-state index contributed by atoms with van der Waals surface area (Å²) in [6, 6.07) is 6.93. The van der Waals surface area contributed by atoms with E-state index in [9.17, 15) is 14.4 Å². The monoisotopic (exact) mass is 356 g/mol. The molecule has 2 heterocycles. The number of hydrogen-bond donors (Lipinski definition) is 3. The lowest BCUT2D eigenvalue weighted by Gasteiger charge is -2.12. The minimum absolute atomic E-state index is 0.0333. The second-order valence-electron chi connectivity index (χ2n) is 5.51. The first-order valence-electron chi connectivity index (χ1n) is 7.81. The molecule has 1 aromatic carbocycles. The molecule has 0 saturated carbocycles. The van der Waals surface area contributed by atoms with E-state index in [4.69, 9.17) is 4.52 Å². The Morgan fingerprint density at radius 3 is 2.73 bits per heavy atom. The highest BCUT2D eigenvalue weighted by Gasteiger charge is 2.21. The third-order valence-corrected chi connectivity index (χ3v) is 3.84. The van der Waals surface area contributed by atoms with E-state index in [0.29, 0.717) is 16.5 Å². The van der Waals surface area contributed by atoms with Gasteiger partial charge >= 0.3 is 0 Å². The van der Waals surface area contributed by atoms with Crippen molar-refractivity contribution in [3.8, 4) is 0 Å². The fraction of sp³-hybridized carbons (Fsp3) is 0.250. The lowest BCUT2D eigenvalue weighted by Crippen LogP contribution is -2.29. The van der Waals surface area contributed by atoms with Crippen molar-refractivity contribution in [2.24, 2.45) is 0 Å². The Balaban J connectivity index is 1.74. The average molecular weight is 356 g/mol. The summed E-state index contributed by atoms with van der Waals surface area (Å²) in [7, 11) is 1.45. The van der Waals surface area contributed by atoms with Crippen LogP contribution in [0, 0.1) is 0 Å². The van der Waals surface area contributed by atoms with Crippen LogP contribution in [0.4, 0.5) is 0 Å². The molecule has 26 heavy (non-hydrogen) atoms. The van der Waals surface area contributed by atoms with Gasteiger partial charge in [0.2, 0.25) is 11.8 Å². The molecular formula is C16H16N6O4. The van der Waals surface area contributed by atoms with E-state index >= 15 is 0 Å². The smallest absolute Gasteiger partial charge is 0.292 e. The summed E-state index contributed by atoms with van der Waals surface area (Å²) in [4.78, 5) is 39.5. The van der Waals surface area contributed by atoms with Gasteiger partial charge in [0.1, 0.15) is 0 Å². The first-order chi connectivity index (χ1) is 12.5. The van der Waals surface area contributed by atoms with Crippen molar-refractivity contribution in [3.05, 3.63) is 52.0 Å². The molecule has 2 amide bonds. The Kier molecular flexibility index (Phi) is 4.74. The first-order valence-corrected chi connectivity index (χ1v) is 7.81. The largest absolute Gasteiger partial charge is 0.352 e. The van der Waals surface area contributed by atoms with Crippen LogP contribution in [0.2, 0.25) is 0 Å². The molecule has 3 aromatic rings. The van der Waals surface area contributed by atoms with Gasteiger partial charge in [-0.15, -0.1) is 0 Å². The fourth-order valence-electron chi connectivity index (χ4n) is 2.44. The SMILES string of the molecule is CNC(=O)c1noc(CNC(=O)[C@H](C)c2n[nH]c(=O)c3ccccc23)n1. The van der Waals surface area contributed by atoms with Gasteiger partial charge in [0.15, 0.2) is 0 Å². The quantitative estimate of drug-likeness (QED) is 0.587. The highest BCUT2D eigenvalue weighted by Crippen LogP contribution is 2.20. The maximum atomic E-state index is 12.4. The van der Waals surface area contributed by atoms with Crippen molar-refractivity contribution >= 4 is 22.6 Å². The van der Waals surface area contributed by atoms with Crippen molar-refractivity contribution in [2.45, 2.75) is 19.4 Å². The van der Waals surface area contributed by atoms with Crippen molar-refractivity contribution < 1.29 is 14.1 Å². The summed E-state index contributed by atoms with van der Waals surface area (Å²) in [6.45, 7) is 1.64. The lowest BCUT2D eigenvalue weighted by atomic mass is 10.0. The van der Waals surface area contributed by atoms with Crippen LogP contribution in [-0.4, -0.2) is 39.2 Å². The van der Waals surface area contributed by atoms with Gasteiger partial charge in [-0.05, 0) is 13.0 Å². The second-order valence-corrected chi connectivity index (χ2v) is 5.51. The third kappa shape index (κ3) is 3.29. The van der Waals surface area contributed by atoms with E-state index in [1.165, 1.54) is 7.05 Å². The molecule has 134 valence electrons. The fourth-order valence-corrected chi connectivity index (χ4v) is 2.44. The Hall–Kier alpha value is -3.56. The number of aromatic nitrogens is 4. The van der Waals surface area contributed by atoms with E-state index in [1.807, 2.05) is 0 Å². The number of aromatic amines is 1. The zero-order chi connectivity index (χ0) is 18.7. The van der Waals surface area contributed by atoms with Crippen LogP contribution in [0.15, 0.2) is 33.6 Å². The molecule has 3 N–H and O–H groups in total. The zero-order valence-electron chi connectivity index (χ0n) is 14.1. The Morgan fingerprint density at radius 1 is 1.27 bits per heavy atom. The third-order valence-electron chi connectivity index (χ3n) is 3.84. The number of carbonyl (C=O) groups excluding carboxylic acids is 2. The molecule has 2 aromatic heterocycles. The topological polar surface area (TPSA) is 143 Å². The summed E-state index contributed by atoms with van der Waals surface area (Å²) in [6.07, 6.45) is 0. The minimum atomic E-state index is -0.627. The van der Waals surface area contributed by atoms with Crippen LogP contribution in [0.3, 0.4) is 0 Å². The van der Waals surface area contributed by atoms with Crippen LogP contribution in [0.1, 0.15) is 35.0 Å². The lowest BCUT2D eigenvalue weighted by molar-refractivity contribution is -0.122. The van der Waals surface area contributed by atoms with Crippen LogP contribution < -0.4 is 16.2 Å². The van der Waals surface area contributed by atoms with Gasteiger partial charge in [-0.2, -0.15) is 10.1 Å². The maximum absolute atomic E-state index is 12.4. The van der Waals surface area contributed by atoms with Crippen LogP contribution in [0.25, 0.3) is 10.8 Å². The average Bonchev–Trinajstić information content (AvgIpc) is 3.14. The van der Waals surface area contributed by atoms with E-state index < -0.39 is 11.8 Å². The standard InChI is InChI=1S/C16H16N6O4/c1-8(12-9-5-3-4-6-10(9)15(24)21-20-12)14(23)18-7-11-19-13(22-26-11)16(25)17-2/h3-6,8H,7H2,1-2H3,(H,17,25)(H,18,23)(H,21,24)/t8-/m1/s1. The number of hydrogen-bond acceptors (Lipinski definition) is 7. The molecule has 3 rings (SSSR count). The summed E-state index contributed by atoms with van der Waals surface area (Å²) in [5.74, 6) is -1.46. The summed E-state index contributed by atoms with van der Waals surface area (Å²) >= 11 is 0. The van der Waals surface area contributed by atoms with Crippen LogP contribution in [-0.2, 0) is 11.3 Å². The first kappa shape index (κ1) is 17.3. The minimum Gasteiger partial charge on any atom is -0.352 e. The number of fused-ring (bicyclic) bond motifs is 1. The number of carbonyl (C=O) groups is 2. The van der Waals surface area contributed by atoms with E-state index in [0.717, 1.165) is 0 Å². The molecule has 10 heteroatoms. The van der Waals surface area contributed by atoms with E-state index in [2.05, 4.69) is 31.0 Å². The molecule has 0 bridgehead atoms. The predicted molar refractivity (Wildman–Crippen MR) is 90.3 cm³/mol. The van der Waals surface area contributed by atoms with Gasteiger partial charge in [-0.3, -0.25) is 14.4 Å². The number of H-pyrrole nitrogens is 1. The molecule has 0 unspecified atom stereocenters. The second kappa shape index (κ2) is 7.13. The van der Waals surface area contributed by atoms with Gasteiger partial charge in [0.05, 0.1) is 23.5 Å². The van der Waals surface area contributed by atoms with Crippen LogP contribution >= 0.6 is 0 Å². The number of nitrogens with zero attached hydrogens (tertiary/aromatic N) is 3. The van der Waals surface area contributed by atoms with Gasteiger partial charge in [0, 0.05) is 12.4 Å². The van der Waals surface area contributed by atoms with Crippen molar-refractivity contribution in [1.29, 1.82) is 0 Å². The van der Waals surface area contributed by atoms with Crippen molar-refractivity contribution in [2.75, 3.05) is 7.05 Å². The molecule has 0 aliphatic rings. The molecule has 0 aliphatic carbocycles. The Morgan fingerprint density at radius 2 is 2.00 bits per heavy atom. The highest BCUT2D eigenvalue weighted by molar-refractivity contribution is 5.91. The summed E-state index contributed by atoms with van der Waals surface area (Å²) < 4.78 is 4.91. The Labute approximate surface area is 147 Å². The Bertz CT molecular complexity index is 1020. The molecule has 1 atom stereocenters. The predicted octanol–water partition coefficient (Wildman–Crippen LogP) is 0.0856. The van der Waals surface area contributed by atoms with Gasteiger partial charge in [-0.25, -0.2) is 5.10 Å². The van der Waals surface area contributed by atoms with Crippen molar-refractivity contribution in [1.82, 2.24) is 31.0 Å². The zero-order valence-corrected chi connectivity index (χ0v) is 14.1. The molecule has 0 radical (unpaired) electrons. The molecular weight excluding hydrogens is 340 g/mol. The van der Waals surface area contributed by atoms with Gasteiger partial charge < -0.3 is 15.2 Å².